The van der Waals surface area contributed by atoms with E-state index < -0.39 is 0 Å². The average Bonchev–Trinajstić information content (AvgIpc) is 2.98. The molecule has 1 aliphatic heterocycles. The predicted molar refractivity (Wildman–Crippen MR) is 91.5 cm³/mol. The Morgan fingerprint density at radius 2 is 1.96 bits per heavy atom. The highest BCUT2D eigenvalue weighted by atomic mass is 16.4. The number of hydrogen-bond acceptors (Lipinski definition) is 6. The molecule has 2 heterocycles. The molecule has 1 aliphatic rings. The maximum atomic E-state index is 9.56. The zero-order valence-corrected chi connectivity index (χ0v) is 14.4. The number of piperazine rings is 1. The summed E-state index contributed by atoms with van der Waals surface area (Å²) in [6, 6.07) is 10.6. The maximum absolute atomic E-state index is 9.56. The van der Waals surface area contributed by atoms with Gasteiger partial charge in [0.05, 0.1) is 19.1 Å². The molecule has 0 amide bonds. The zero-order valence-electron chi connectivity index (χ0n) is 14.4. The molecule has 0 unspecified atom stereocenters. The molecule has 2 atom stereocenters. The van der Waals surface area contributed by atoms with E-state index in [0.29, 0.717) is 30.8 Å². The van der Waals surface area contributed by atoms with Gasteiger partial charge in [0.25, 0.3) is 0 Å². The highest BCUT2D eigenvalue weighted by Crippen LogP contribution is 2.14. The Hall–Kier alpha value is -1.76. The van der Waals surface area contributed by atoms with Gasteiger partial charge >= 0.3 is 0 Å². The van der Waals surface area contributed by atoms with E-state index in [1.807, 2.05) is 25.1 Å². The molecule has 0 aliphatic carbocycles. The second kappa shape index (κ2) is 7.88. The molecule has 1 N–H and O–H groups in total. The van der Waals surface area contributed by atoms with Crippen LogP contribution in [0.5, 0.6) is 0 Å². The third kappa shape index (κ3) is 4.63. The molecule has 1 aromatic heterocycles. The first-order valence-corrected chi connectivity index (χ1v) is 8.60. The van der Waals surface area contributed by atoms with E-state index in [1.165, 1.54) is 5.56 Å². The van der Waals surface area contributed by atoms with Gasteiger partial charge in [-0.1, -0.05) is 30.3 Å². The molecule has 1 fully saturated rings. The third-order valence-electron chi connectivity index (χ3n) is 4.41. The summed E-state index contributed by atoms with van der Waals surface area (Å²) in [7, 11) is 0. The van der Waals surface area contributed by atoms with Crippen molar-refractivity contribution in [3.05, 3.63) is 47.7 Å². The topological polar surface area (TPSA) is 65.6 Å². The van der Waals surface area contributed by atoms with Crippen LogP contribution in [-0.2, 0) is 13.0 Å². The molecule has 1 saturated heterocycles. The minimum atomic E-state index is -0.282. The molecule has 24 heavy (non-hydrogen) atoms. The van der Waals surface area contributed by atoms with E-state index in [-0.39, 0.29) is 6.10 Å². The van der Waals surface area contributed by atoms with Crippen LogP contribution in [-0.4, -0.2) is 63.4 Å². The fourth-order valence-corrected chi connectivity index (χ4v) is 3.21. The van der Waals surface area contributed by atoms with Crippen molar-refractivity contribution < 1.29 is 9.52 Å². The quantitative estimate of drug-likeness (QED) is 0.867. The van der Waals surface area contributed by atoms with E-state index in [1.54, 1.807) is 0 Å². The molecule has 2 aromatic rings. The van der Waals surface area contributed by atoms with Crippen LogP contribution in [0.4, 0.5) is 0 Å². The lowest BCUT2D eigenvalue weighted by Gasteiger charge is -2.39. The van der Waals surface area contributed by atoms with Gasteiger partial charge in [-0.15, -0.1) is 10.2 Å². The normalized spacial score (nSPS) is 21.0. The Balaban J connectivity index is 1.52. The van der Waals surface area contributed by atoms with Gasteiger partial charge in [-0.3, -0.25) is 9.80 Å². The van der Waals surface area contributed by atoms with Crippen molar-refractivity contribution in [1.29, 1.82) is 0 Å². The summed E-state index contributed by atoms with van der Waals surface area (Å²) >= 11 is 0. The lowest BCUT2D eigenvalue weighted by Crippen LogP contribution is -2.53. The van der Waals surface area contributed by atoms with Crippen LogP contribution < -0.4 is 0 Å². The van der Waals surface area contributed by atoms with Crippen LogP contribution in [0.1, 0.15) is 31.2 Å². The Kier molecular flexibility index (Phi) is 5.60. The minimum absolute atomic E-state index is 0.282. The van der Waals surface area contributed by atoms with E-state index in [2.05, 4.69) is 39.1 Å². The lowest BCUT2D eigenvalue weighted by atomic mass is 10.1. The van der Waals surface area contributed by atoms with Crippen molar-refractivity contribution in [2.45, 2.75) is 39.0 Å². The number of nitrogens with zero attached hydrogens (tertiary/aromatic N) is 4. The first-order chi connectivity index (χ1) is 11.6. The highest BCUT2D eigenvalue weighted by Gasteiger charge is 2.25. The second-order valence-corrected chi connectivity index (χ2v) is 6.68. The Labute approximate surface area is 143 Å². The van der Waals surface area contributed by atoms with Gasteiger partial charge < -0.3 is 9.52 Å². The second-order valence-electron chi connectivity index (χ2n) is 6.68. The van der Waals surface area contributed by atoms with Gasteiger partial charge in [0, 0.05) is 32.2 Å². The zero-order chi connectivity index (χ0) is 16.9. The van der Waals surface area contributed by atoms with Crippen LogP contribution in [0.2, 0.25) is 0 Å². The molecule has 6 heteroatoms. The summed E-state index contributed by atoms with van der Waals surface area (Å²) in [6.45, 7) is 8.31. The molecular weight excluding hydrogens is 304 g/mol. The van der Waals surface area contributed by atoms with Crippen molar-refractivity contribution in [3.63, 3.8) is 0 Å². The average molecular weight is 330 g/mol. The van der Waals surface area contributed by atoms with Crippen molar-refractivity contribution in [2.24, 2.45) is 0 Å². The van der Waals surface area contributed by atoms with Crippen LogP contribution >= 0.6 is 0 Å². The maximum Gasteiger partial charge on any atom is 0.230 e. The smallest absolute Gasteiger partial charge is 0.230 e. The van der Waals surface area contributed by atoms with E-state index in [4.69, 9.17) is 4.42 Å². The molecule has 6 nitrogen and oxygen atoms in total. The number of benzene rings is 1. The fourth-order valence-electron chi connectivity index (χ4n) is 3.21. The first kappa shape index (κ1) is 17.1. The molecule has 0 radical (unpaired) electrons. The summed E-state index contributed by atoms with van der Waals surface area (Å²) in [5.74, 6) is 1.34. The molecule has 1 aromatic carbocycles. The Morgan fingerprint density at radius 1 is 1.21 bits per heavy atom. The predicted octanol–water partition coefficient (Wildman–Crippen LogP) is 1.55. The summed E-state index contributed by atoms with van der Waals surface area (Å²) in [6.07, 6.45) is 0.391. The minimum Gasteiger partial charge on any atom is -0.424 e. The van der Waals surface area contributed by atoms with Crippen molar-refractivity contribution in [1.82, 2.24) is 20.0 Å². The van der Waals surface area contributed by atoms with Crippen LogP contribution in [0.3, 0.4) is 0 Å². The van der Waals surface area contributed by atoms with Crippen LogP contribution in [0.15, 0.2) is 34.7 Å². The van der Waals surface area contributed by atoms with Crippen molar-refractivity contribution in [2.75, 3.05) is 26.2 Å². The standard InChI is InChI=1S/C18H26N4O2/c1-14-11-21(8-9-22(14)12-15(2)23)13-18-20-19-17(24-18)10-16-6-4-3-5-7-16/h3-7,14-15,23H,8-13H2,1-2H3/t14-,15-/m0/s1. The number of aliphatic hydroxyl groups excluding tert-OH is 1. The molecular formula is C18H26N4O2. The SMILES string of the molecule is C[C@H](O)CN1CCN(Cc2nnc(Cc3ccccc3)o2)C[C@@H]1C. The van der Waals surface area contributed by atoms with Crippen LogP contribution in [0.25, 0.3) is 0 Å². The number of rotatable bonds is 6. The van der Waals surface area contributed by atoms with E-state index in [9.17, 15) is 5.11 Å². The lowest BCUT2D eigenvalue weighted by molar-refractivity contribution is 0.0391. The third-order valence-corrected chi connectivity index (χ3v) is 4.41. The molecule has 0 bridgehead atoms. The number of β-amino-alcohol motifs (C(OH)–C–C–N with tert-alkyl or cyclic N) is 1. The largest absolute Gasteiger partial charge is 0.424 e. The first-order valence-electron chi connectivity index (χ1n) is 8.60. The molecule has 0 saturated carbocycles. The van der Waals surface area contributed by atoms with E-state index >= 15 is 0 Å². The van der Waals surface area contributed by atoms with Gasteiger partial charge in [0.2, 0.25) is 11.8 Å². The summed E-state index contributed by atoms with van der Waals surface area (Å²) < 4.78 is 5.80. The molecule has 0 spiro atoms. The number of aromatic nitrogens is 2. The molecule has 3 rings (SSSR count). The fraction of sp³-hybridized carbons (Fsp3) is 0.556. The van der Waals surface area contributed by atoms with Crippen LogP contribution in [0, 0.1) is 0 Å². The monoisotopic (exact) mass is 330 g/mol. The van der Waals surface area contributed by atoms with Crippen molar-refractivity contribution >= 4 is 0 Å². The Bertz CT molecular complexity index is 629. The number of hydrogen-bond donors (Lipinski definition) is 1. The van der Waals surface area contributed by atoms with Crippen molar-refractivity contribution in [3.8, 4) is 0 Å². The Morgan fingerprint density at radius 3 is 2.67 bits per heavy atom. The summed E-state index contributed by atoms with van der Waals surface area (Å²) in [5.41, 5.74) is 1.17. The van der Waals surface area contributed by atoms with Gasteiger partial charge in [0.1, 0.15) is 0 Å². The molecule has 130 valence electrons. The van der Waals surface area contributed by atoms with Gasteiger partial charge in [-0.05, 0) is 19.4 Å². The van der Waals surface area contributed by atoms with E-state index in [0.717, 1.165) is 26.2 Å². The summed E-state index contributed by atoms with van der Waals surface area (Å²) in [4.78, 5) is 4.67. The van der Waals surface area contributed by atoms with Gasteiger partial charge in [-0.2, -0.15) is 0 Å². The number of aliphatic hydroxyl groups is 1. The summed E-state index contributed by atoms with van der Waals surface area (Å²) in [5, 5.41) is 17.9. The van der Waals surface area contributed by atoms with Gasteiger partial charge in [-0.25, -0.2) is 0 Å². The highest BCUT2D eigenvalue weighted by molar-refractivity contribution is 5.17. The van der Waals surface area contributed by atoms with Gasteiger partial charge in [0.15, 0.2) is 0 Å².